The summed E-state index contributed by atoms with van der Waals surface area (Å²) in [4.78, 5) is 7.62. The predicted molar refractivity (Wildman–Crippen MR) is 67.9 cm³/mol. The quantitative estimate of drug-likeness (QED) is 0.691. The molecule has 5 nitrogen and oxygen atoms in total. The van der Waals surface area contributed by atoms with Gasteiger partial charge in [-0.25, -0.2) is 4.98 Å². The summed E-state index contributed by atoms with van der Waals surface area (Å²) in [6, 6.07) is 5.89. The molecule has 10 heteroatoms. The summed E-state index contributed by atoms with van der Waals surface area (Å²) in [5.74, 6) is -0.328. The highest BCUT2D eigenvalue weighted by Crippen LogP contribution is 2.32. The fourth-order valence-electron chi connectivity index (χ4n) is 1.97. The molecule has 0 aliphatic carbocycles. The van der Waals surface area contributed by atoms with E-state index in [1.54, 1.807) is 0 Å². The number of fused-ring (bicyclic) bond motifs is 1. The first kappa shape index (κ1) is 15.1. The molecule has 0 aliphatic heterocycles. The summed E-state index contributed by atoms with van der Waals surface area (Å²) in [7, 11) is 0. The van der Waals surface area contributed by atoms with E-state index < -0.39 is 18.5 Å². The van der Waals surface area contributed by atoms with Crippen molar-refractivity contribution in [1.82, 2.24) is 19.6 Å². The predicted octanol–water partition coefficient (Wildman–Crippen LogP) is 3.41. The lowest BCUT2D eigenvalue weighted by Gasteiger charge is -2.10. The minimum Gasteiger partial charge on any atom is -0.435 e. The molecule has 0 atom stereocenters. The van der Waals surface area contributed by atoms with Crippen LogP contribution in [0.2, 0.25) is 0 Å². The molecule has 120 valence electrons. The number of ether oxygens (including phenoxy) is 1. The average molecular weight is 330 g/mol. The molecule has 2 aromatic heterocycles. The van der Waals surface area contributed by atoms with Gasteiger partial charge in [-0.05, 0) is 30.3 Å². The van der Waals surface area contributed by atoms with Gasteiger partial charge in [-0.1, -0.05) is 0 Å². The Kier molecular flexibility index (Phi) is 3.58. The zero-order valence-corrected chi connectivity index (χ0v) is 11.1. The van der Waals surface area contributed by atoms with Gasteiger partial charge < -0.3 is 4.74 Å². The number of aromatic nitrogens is 4. The SMILES string of the molecule is FC(F)Oc1ccc(-c2cc(C(F)(F)F)n3ncnc3n2)cc1. The summed E-state index contributed by atoms with van der Waals surface area (Å²) in [6.45, 7) is -2.98. The fourth-order valence-corrected chi connectivity index (χ4v) is 1.97. The van der Waals surface area contributed by atoms with E-state index in [0.29, 0.717) is 10.1 Å². The molecule has 0 spiro atoms. The molecule has 0 N–H and O–H groups in total. The van der Waals surface area contributed by atoms with Crippen molar-refractivity contribution in [3.8, 4) is 17.0 Å². The van der Waals surface area contributed by atoms with Gasteiger partial charge in [-0.15, -0.1) is 0 Å². The van der Waals surface area contributed by atoms with Gasteiger partial charge in [0, 0.05) is 5.56 Å². The van der Waals surface area contributed by atoms with E-state index >= 15 is 0 Å². The second-order valence-electron chi connectivity index (χ2n) is 4.40. The lowest BCUT2D eigenvalue weighted by molar-refractivity contribution is -0.142. The smallest absolute Gasteiger partial charge is 0.433 e. The molecule has 3 rings (SSSR count). The number of halogens is 5. The van der Waals surface area contributed by atoms with Crippen molar-refractivity contribution in [2.75, 3.05) is 0 Å². The molecule has 0 radical (unpaired) electrons. The highest BCUT2D eigenvalue weighted by Gasteiger charge is 2.35. The molecule has 0 fully saturated rings. The molecule has 0 bridgehead atoms. The number of nitrogens with zero attached hydrogens (tertiary/aromatic N) is 4. The number of rotatable bonds is 3. The summed E-state index contributed by atoms with van der Waals surface area (Å²) in [6.07, 6.45) is -3.69. The first-order valence-electron chi connectivity index (χ1n) is 6.18. The van der Waals surface area contributed by atoms with Crippen molar-refractivity contribution in [1.29, 1.82) is 0 Å². The molecule has 0 amide bonds. The van der Waals surface area contributed by atoms with E-state index in [2.05, 4.69) is 19.8 Å². The molecular weight excluding hydrogens is 323 g/mol. The molecule has 0 unspecified atom stereocenters. The Morgan fingerprint density at radius 1 is 1.09 bits per heavy atom. The second-order valence-corrected chi connectivity index (χ2v) is 4.40. The molecule has 2 heterocycles. The fraction of sp³-hybridized carbons (Fsp3) is 0.154. The number of benzene rings is 1. The van der Waals surface area contributed by atoms with Crippen molar-refractivity contribution in [3.05, 3.63) is 42.4 Å². The van der Waals surface area contributed by atoms with Crippen LogP contribution in [-0.4, -0.2) is 26.2 Å². The third-order valence-electron chi connectivity index (χ3n) is 2.92. The zero-order valence-electron chi connectivity index (χ0n) is 11.1. The Morgan fingerprint density at radius 3 is 2.39 bits per heavy atom. The zero-order chi connectivity index (χ0) is 16.6. The van der Waals surface area contributed by atoms with Crippen LogP contribution in [0.4, 0.5) is 22.0 Å². The van der Waals surface area contributed by atoms with Crippen molar-refractivity contribution in [3.63, 3.8) is 0 Å². The molecule has 3 aromatic rings. The Balaban J connectivity index is 2.06. The maximum Gasteiger partial charge on any atom is 0.433 e. The Morgan fingerprint density at radius 2 is 1.78 bits per heavy atom. The average Bonchev–Trinajstić information content (AvgIpc) is 2.93. The number of alkyl halides is 5. The third kappa shape index (κ3) is 3.05. The number of hydrogen-bond acceptors (Lipinski definition) is 4. The Hall–Kier alpha value is -2.78. The third-order valence-corrected chi connectivity index (χ3v) is 2.92. The Labute approximate surface area is 125 Å². The normalized spacial score (nSPS) is 12.1. The molecule has 23 heavy (non-hydrogen) atoms. The lowest BCUT2D eigenvalue weighted by Crippen LogP contribution is -2.13. The highest BCUT2D eigenvalue weighted by atomic mass is 19.4. The molecule has 1 aromatic carbocycles. The van der Waals surface area contributed by atoms with Gasteiger partial charge in [-0.2, -0.15) is 36.6 Å². The van der Waals surface area contributed by atoms with Crippen LogP contribution in [0.25, 0.3) is 17.0 Å². The first-order valence-corrected chi connectivity index (χ1v) is 6.18. The molecule has 0 saturated heterocycles. The van der Waals surface area contributed by atoms with Crippen molar-refractivity contribution >= 4 is 5.78 Å². The van der Waals surface area contributed by atoms with Crippen LogP contribution in [0.5, 0.6) is 5.75 Å². The van der Waals surface area contributed by atoms with Crippen molar-refractivity contribution < 1.29 is 26.7 Å². The van der Waals surface area contributed by atoms with E-state index in [9.17, 15) is 22.0 Å². The van der Waals surface area contributed by atoms with Crippen LogP contribution < -0.4 is 4.74 Å². The summed E-state index contributed by atoms with van der Waals surface area (Å²) < 4.78 is 68.2. The first-order chi connectivity index (χ1) is 10.8. The van der Waals surface area contributed by atoms with Crippen LogP contribution in [0.15, 0.2) is 36.7 Å². The molecule has 0 aliphatic rings. The van der Waals surface area contributed by atoms with Gasteiger partial charge in [0.25, 0.3) is 5.78 Å². The van der Waals surface area contributed by atoms with Crippen LogP contribution in [0, 0.1) is 0 Å². The summed E-state index contributed by atoms with van der Waals surface area (Å²) >= 11 is 0. The van der Waals surface area contributed by atoms with E-state index in [1.807, 2.05) is 0 Å². The summed E-state index contributed by atoms with van der Waals surface area (Å²) in [5.41, 5.74) is -0.757. The minimum atomic E-state index is -4.65. The van der Waals surface area contributed by atoms with Gasteiger partial charge in [0.05, 0.1) is 5.69 Å². The topological polar surface area (TPSA) is 52.3 Å². The summed E-state index contributed by atoms with van der Waals surface area (Å²) in [5, 5.41) is 3.49. The van der Waals surface area contributed by atoms with Crippen LogP contribution in [-0.2, 0) is 6.18 Å². The van der Waals surface area contributed by atoms with Crippen LogP contribution in [0.3, 0.4) is 0 Å². The van der Waals surface area contributed by atoms with Gasteiger partial charge in [0.2, 0.25) is 0 Å². The van der Waals surface area contributed by atoms with E-state index in [4.69, 9.17) is 0 Å². The maximum absolute atomic E-state index is 13.1. The lowest BCUT2D eigenvalue weighted by atomic mass is 10.1. The highest BCUT2D eigenvalue weighted by molar-refractivity contribution is 5.62. The van der Waals surface area contributed by atoms with E-state index in [-0.39, 0.29) is 17.2 Å². The van der Waals surface area contributed by atoms with Gasteiger partial charge in [-0.3, -0.25) is 0 Å². The van der Waals surface area contributed by atoms with Gasteiger partial charge in [0.1, 0.15) is 12.1 Å². The van der Waals surface area contributed by atoms with Gasteiger partial charge in [0.15, 0.2) is 5.69 Å². The van der Waals surface area contributed by atoms with Crippen LogP contribution in [0.1, 0.15) is 5.69 Å². The Bertz CT molecular complexity index is 828. The van der Waals surface area contributed by atoms with E-state index in [0.717, 1.165) is 12.4 Å². The monoisotopic (exact) mass is 330 g/mol. The maximum atomic E-state index is 13.1. The van der Waals surface area contributed by atoms with Crippen LogP contribution >= 0.6 is 0 Å². The minimum absolute atomic E-state index is 0.0126. The van der Waals surface area contributed by atoms with Gasteiger partial charge >= 0.3 is 12.8 Å². The van der Waals surface area contributed by atoms with E-state index in [1.165, 1.54) is 24.3 Å². The van der Waals surface area contributed by atoms with Crippen molar-refractivity contribution in [2.24, 2.45) is 0 Å². The molecular formula is C13H7F5N4O. The molecule has 0 saturated carbocycles. The van der Waals surface area contributed by atoms with Crippen molar-refractivity contribution in [2.45, 2.75) is 12.8 Å². The standard InChI is InChI=1S/C13H7F5N4O/c14-11(15)23-8-3-1-7(2-4-8)9-5-10(13(16,17)18)22-12(21-9)19-6-20-22/h1-6,11H. The largest absolute Gasteiger partial charge is 0.435 e. The number of hydrogen-bond donors (Lipinski definition) is 0. The second kappa shape index (κ2) is 5.45.